The third-order valence-electron chi connectivity index (χ3n) is 5.93. The highest BCUT2D eigenvalue weighted by Gasteiger charge is 2.48. The van der Waals surface area contributed by atoms with E-state index in [1.165, 1.54) is 19.3 Å². The van der Waals surface area contributed by atoms with Crippen LogP contribution in [0.5, 0.6) is 0 Å². The fourth-order valence-corrected chi connectivity index (χ4v) is 4.06. The number of carbonyl (C=O) groups is 2. The molecule has 0 saturated heterocycles. The van der Waals surface area contributed by atoms with Gasteiger partial charge in [-0.2, -0.15) is 0 Å². The van der Waals surface area contributed by atoms with Crippen molar-refractivity contribution in [3.8, 4) is 0 Å². The summed E-state index contributed by atoms with van der Waals surface area (Å²) in [5, 5.41) is 9.54. The van der Waals surface area contributed by atoms with E-state index in [-0.39, 0.29) is 12.1 Å². The van der Waals surface area contributed by atoms with Crippen LogP contribution in [0, 0.1) is 17.3 Å². The van der Waals surface area contributed by atoms with Gasteiger partial charge in [-0.25, -0.2) is 0 Å². The van der Waals surface area contributed by atoms with Gasteiger partial charge in [0.2, 0.25) is 0 Å². The summed E-state index contributed by atoms with van der Waals surface area (Å²) in [7, 11) is 0. The van der Waals surface area contributed by atoms with Gasteiger partial charge < -0.3 is 9.84 Å². The van der Waals surface area contributed by atoms with E-state index in [2.05, 4.69) is 20.8 Å². The van der Waals surface area contributed by atoms with Crippen molar-refractivity contribution in [2.45, 2.75) is 111 Å². The molecule has 0 amide bonds. The summed E-state index contributed by atoms with van der Waals surface area (Å²) in [6, 6.07) is 0. The number of carbonyl (C=O) groups excluding carboxylic acids is 1. The van der Waals surface area contributed by atoms with Gasteiger partial charge in [-0.05, 0) is 44.9 Å². The molecular formula is C22H40O4. The second kappa shape index (κ2) is 11.6. The highest BCUT2D eigenvalue weighted by molar-refractivity contribution is 5.84. The van der Waals surface area contributed by atoms with Crippen molar-refractivity contribution >= 4 is 11.9 Å². The molecule has 1 N–H and O–H groups in total. The van der Waals surface area contributed by atoms with Crippen molar-refractivity contribution in [3.05, 3.63) is 0 Å². The second-order valence-corrected chi connectivity index (χ2v) is 8.76. The molecule has 0 aromatic rings. The molecule has 3 atom stereocenters. The Balaban J connectivity index is 2.61. The van der Waals surface area contributed by atoms with Gasteiger partial charge in [-0.15, -0.1) is 0 Å². The van der Waals surface area contributed by atoms with Crippen LogP contribution in [-0.2, 0) is 14.3 Å². The van der Waals surface area contributed by atoms with Crippen molar-refractivity contribution in [1.29, 1.82) is 0 Å². The second-order valence-electron chi connectivity index (χ2n) is 8.76. The van der Waals surface area contributed by atoms with E-state index in [1.807, 2.05) is 0 Å². The molecule has 3 unspecified atom stereocenters. The number of carboxylic acids is 1. The molecule has 0 radical (unpaired) electrons. The zero-order valence-corrected chi connectivity index (χ0v) is 17.4. The number of ether oxygens (including phenoxy) is 1. The maximum Gasteiger partial charge on any atom is 0.312 e. The molecular weight excluding hydrogens is 328 g/mol. The molecule has 0 aromatic carbocycles. The molecule has 0 aliphatic heterocycles. The summed E-state index contributed by atoms with van der Waals surface area (Å²) in [4.78, 5) is 24.5. The molecule has 0 heterocycles. The van der Waals surface area contributed by atoms with Crippen molar-refractivity contribution in [2.75, 3.05) is 0 Å². The smallest absolute Gasteiger partial charge is 0.312 e. The minimum Gasteiger partial charge on any atom is -0.481 e. The quantitative estimate of drug-likeness (QED) is 0.340. The Labute approximate surface area is 160 Å². The summed E-state index contributed by atoms with van der Waals surface area (Å²) in [6.07, 6.45) is 11.6. The number of carboxylic acid groups (broad SMARTS) is 1. The predicted octanol–water partition coefficient (Wildman–Crippen LogP) is 5.98. The Morgan fingerprint density at radius 1 is 1.08 bits per heavy atom. The summed E-state index contributed by atoms with van der Waals surface area (Å²) in [5.74, 6) is -1.01. The third kappa shape index (κ3) is 7.28. The standard InChI is InChI=1S/C22H40O4/c1-5-6-13-18(14-9-7-8-12-17(2)3)26-21(25)22(4)16-11-10-15-19(22)20(23)24/h17-19H,5-16H2,1-4H3,(H,23,24). The molecule has 1 aliphatic rings. The summed E-state index contributed by atoms with van der Waals surface area (Å²) >= 11 is 0. The lowest BCUT2D eigenvalue weighted by molar-refractivity contribution is -0.174. The zero-order chi connectivity index (χ0) is 19.6. The Morgan fingerprint density at radius 3 is 2.35 bits per heavy atom. The molecule has 152 valence electrons. The Kier molecular flexibility index (Phi) is 10.3. The largest absolute Gasteiger partial charge is 0.481 e. The number of rotatable bonds is 12. The monoisotopic (exact) mass is 368 g/mol. The van der Waals surface area contributed by atoms with E-state index in [4.69, 9.17) is 4.74 Å². The van der Waals surface area contributed by atoms with Crippen LogP contribution in [0.2, 0.25) is 0 Å². The van der Waals surface area contributed by atoms with Gasteiger partial charge in [-0.3, -0.25) is 9.59 Å². The van der Waals surface area contributed by atoms with E-state index < -0.39 is 17.3 Å². The van der Waals surface area contributed by atoms with Gasteiger partial charge in [-0.1, -0.05) is 65.7 Å². The van der Waals surface area contributed by atoms with Gasteiger partial charge >= 0.3 is 11.9 Å². The number of hydrogen-bond donors (Lipinski definition) is 1. The molecule has 1 saturated carbocycles. The van der Waals surface area contributed by atoms with Crippen LogP contribution in [0.1, 0.15) is 105 Å². The van der Waals surface area contributed by atoms with Crippen molar-refractivity contribution in [3.63, 3.8) is 0 Å². The third-order valence-corrected chi connectivity index (χ3v) is 5.93. The molecule has 4 heteroatoms. The van der Waals surface area contributed by atoms with Gasteiger partial charge in [0.1, 0.15) is 6.10 Å². The Hall–Kier alpha value is -1.06. The Bertz CT molecular complexity index is 432. The van der Waals surface area contributed by atoms with Gasteiger partial charge in [0.05, 0.1) is 11.3 Å². The van der Waals surface area contributed by atoms with Crippen LogP contribution in [0.4, 0.5) is 0 Å². The van der Waals surface area contributed by atoms with Crippen molar-refractivity contribution < 1.29 is 19.4 Å². The molecule has 0 aromatic heterocycles. The molecule has 0 spiro atoms. The molecule has 26 heavy (non-hydrogen) atoms. The topological polar surface area (TPSA) is 63.6 Å². The van der Waals surface area contributed by atoms with Crippen LogP contribution >= 0.6 is 0 Å². The first-order chi connectivity index (χ1) is 12.3. The molecule has 4 nitrogen and oxygen atoms in total. The van der Waals surface area contributed by atoms with E-state index in [0.29, 0.717) is 12.8 Å². The SMILES string of the molecule is CCCCC(CCCCCC(C)C)OC(=O)C1(C)CCCCC1C(=O)O. The van der Waals surface area contributed by atoms with E-state index in [9.17, 15) is 14.7 Å². The van der Waals surface area contributed by atoms with Crippen LogP contribution in [0.3, 0.4) is 0 Å². The lowest BCUT2D eigenvalue weighted by Crippen LogP contribution is -2.44. The number of esters is 1. The van der Waals surface area contributed by atoms with Gasteiger partial charge in [0, 0.05) is 0 Å². The number of unbranched alkanes of at least 4 members (excludes halogenated alkanes) is 3. The van der Waals surface area contributed by atoms with Crippen LogP contribution in [-0.4, -0.2) is 23.1 Å². The summed E-state index contributed by atoms with van der Waals surface area (Å²) < 4.78 is 5.90. The molecule has 0 bridgehead atoms. The Morgan fingerprint density at radius 2 is 1.73 bits per heavy atom. The summed E-state index contributed by atoms with van der Waals surface area (Å²) in [6.45, 7) is 8.43. The number of aliphatic carboxylic acids is 1. The van der Waals surface area contributed by atoms with Gasteiger partial charge in [0.25, 0.3) is 0 Å². The summed E-state index contributed by atoms with van der Waals surface area (Å²) in [5.41, 5.74) is -0.869. The number of hydrogen-bond acceptors (Lipinski definition) is 3. The lowest BCUT2D eigenvalue weighted by Gasteiger charge is -2.37. The molecule has 1 fully saturated rings. The first-order valence-corrected chi connectivity index (χ1v) is 10.7. The molecule has 1 rings (SSSR count). The average molecular weight is 369 g/mol. The fraction of sp³-hybridized carbons (Fsp3) is 0.909. The highest BCUT2D eigenvalue weighted by Crippen LogP contribution is 2.42. The van der Waals surface area contributed by atoms with Crippen LogP contribution in [0.15, 0.2) is 0 Å². The van der Waals surface area contributed by atoms with Crippen molar-refractivity contribution in [2.24, 2.45) is 17.3 Å². The lowest BCUT2D eigenvalue weighted by atomic mass is 9.67. The minimum atomic E-state index is -0.869. The maximum atomic E-state index is 12.9. The zero-order valence-electron chi connectivity index (χ0n) is 17.4. The minimum absolute atomic E-state index is 0.0605. The highest BCUT2D eigenvalue weighted by atomic mass is 16.5. The van der Waals surface area contributed by atoms with Crippen LogP contribution < -0.4 is 0 Å². The first-order valence-electron chi connectivity index (χ1n) is 10.7. The molecule has 1 aliphatic carbocycles. The average Bonchev–Trinajstić information content (AvgIpc) is 2.58. The normalized spacial score (nSPS) is 24.4. The van der Waals surface area contributed by atoms with E-state index in [0.717, 1.165) is 50.9 Å². The van der Waals surface area contributed by atoms with E-state index >= 15 is 0 Å². The fourth-order valence-electron chi connectivity index (χ4n) is 4.06. The first kappa shape index (κ1) is 23.0. The predicted molar refractivity (Wildman–Crippen MR) is 105 cm³/mol. The van der Waals surface area contributed by atoms with Gasteiger partial charge in [0.15, 0.2) is 0 Å². The maximum absolute atomic E-state index is 12.9. The van der Waals surface area contributed by atoms with E-state index in [1.54, 1.807) is 6.92 Å². The van der Waals surface area contributed by atoms with Crippen LogP contribution in [0.25, 0.3) is 0 Å². The van der Waals surface area contributed by atoms with Crippen molar-refractivity contribution in [1.82, 2.24) is 0 Å².